The second kappa shape index (κ2) is 5.71. The topological polar surface area (TPSA) is 44.8 Å². The lowest BCUT2D eigenvalue weighted by Crippen LogP contribution is -2.46. The molecule has 2 bridgehead atoms. The predicted molar refractivity (Wildman–Crippen MR) is 95.6 cm³/mol. The highest BCUT2D eigenvalue weighted by molar-refractivity contribution is 5.98. The van der Waals surface area contributed by atoms with Crippen molar-refractivity contribution in [2.24, 2.45) is 0 Å². The number of ketones is 1. The molecule has 0 radical (unpaired) electrons. The van der Waals surface area contributed by atoms with Crippen molar-refractivity contribution in [3.05, 3.63) is 76.6 Å². The molecule has 4 nitrogen and oxygen atoms in total. The van der Waals surface area contributed by atoms with Crippen molar-refractivity contribution in [2.75, 3.05) is 7.11 Å². The minimum Gasteiger partial charge on any atom is -0.497 e. The van der Waals surface area contributed by atoms with Crippen LogP contribution in [0.4, 0.5) is 0 Å². The molecule has 5 rings (SSSR count). The Labute approximate surface area is 152 Å². The van der Waals surface area contributed by atoms with E-state index in [1.807, 2.05) is 36.4 Å². The largest absolute Gasteiger partial charge is 0.497 e. The van der Waals surface area contributed by atoms with E-state index in [2.05, 4.69) is 12.1 Å². The first-order valence-electron chi connectivity index (χ1n) is 9.05. The van der Waals surface area contributed by atoms with Gasteiger partial charge in [0.25, 0.3) is 0 Å². The van der Waals surface area contributed by atoms with Gasteiger partial charge in [0.1, 0.15) is 17.6 Å². The minimum absolute atomic E-state index is 0.149. The number of hydrogen-bond acceptors (Lipinski definition) is 4. The summed E-state index contributed by atoms with van der Waals surface area (Å²) in [5.41, 5.74) is 3.92. The van der Waals surface area contributed by atoms with E-state index in [9.17, 15) is 4.79 Å². The molecule has 0 N–H and O–H groups in total. The van der Waals surface area contributed by atoms with E-state index < -0.39 is 5.79 Å². The zero-order valence-corrected chi connectivity index (χ0v) is 14.7. The Morgan fingerprint density at radius 3 is 2.69 bits per heavy atom. The molecule has 0 fully saturated rings. The lowest BCUT2D eigenvalue weighted by Gasteiger charge is -2.48. The highest BCUT2D eigenvalue weighted by atomic mass is 16.7. The van der Waals surface area contributed by atoms with Crippen molar-refractivity contribution in [3.63, 3.8) is 0 Å². The number of methoxy groups -OCH3 is 1. The minimum atomic E-state index is -0.887. The third kappa shape index (κ3) is 2.22. The summed E-state index contributed by atoms with van der Waals surface area (Å²) in [6.07, 6.45) is 2.47. The Morgan fingerprint density at radius 2 is 1.88 bits per heavy atom. The first-order valence-corrected chi connectivity index (χ1v) is 9.05. The van der Waals surface area contributed by atoms with Crippen molar-refractivity contribution in [1.29, 1.82) is 0 Å². The van der Waals surface area contributed by atoms with E-state index in [0.717, 1.165) is 35.5 Å². The first-order chi connectivity index (χ1) is 12.7. The molecular formula is C22H20O4. The van der Waals surface area contributed by atoms with Crippen LogP contribution in [0.1, 0.15) is 42.1 Å². The highest BCUT2D eigenvalue weighted by Crippen LogP contribution is 2.53. The smallest absolute Gasteiger partial charge is 0.241 e. The Bertz CT molecular complexity index is 912. The van der Waals surface area contributed by atoms with Crippen molar-refractivity contribution in [1.82, 2.24) is 0 Å². The summed E-state index contributed by atoms with van der Waals surface area (Å²) in [6, 6.07) is 16.0. The van der Waals surface area contributed by atoms with Gasteiger partial charge in [0.2, 0.25) is 5.79 Å². The lowest BCUT2D eigenvalue weighted by molar-refractivity contribution is -0.270. The summed E-state index contributed by atoms with van der Waals surface area (Å²) in [5.74, 6) is 0.863. The molecule has 2 aliphatic heterocycles. The van der Waals surface area contributed by atoms with Gasteiger partial charge in [0, 0.05) is 24.8 Å². The standard InChI is InChI=1S/C22H20O4/c1-24-16-11-9-15(10-12-16)22-13-14-5-2-3-6-17(14)21(26-22)20-18(23)7-4-8-19(20)25-22/h2-3,5-6,9-12,21H,4,7-8,13H2,1H3/t21?,22-/m0/s1. The fourth-order valence-electron chi connectivity index (χ4n) is 4.28. The molecule has 1 unspecified atom stereocenters. The molecule has 0 aromatic heterocycles. The third-order valence-electron chi connectivity index (χ3n) is 5.56. The van der Waals surface area contributed by atoms with Crippen LogP contribution in [0.15, 0.2) is 59.9 Å². The molecular weight excluding hydrogens is 328 g/mol. The highest BCUT2D eigenvalue weighted by Gasteiger charge is 2.51. The van der Waals surface area contributed by atoms with Crippen LogP contribution < -0.4 is 4.74 Å². The number of benzene rings is 2. The van der Waals surface area contributed by atoms with Gasteiger partial charge in [0.15, 0.2) is 5.78 Å². The van der Waals surface area contributed by atoms with Crippen LogP contribution in [0.3, 0.4) is 0 Å². The maximum Gasteiger partial charge on any atom is 0.241 e. The number of allylic oxidation sites excluding steroid dienone is 1. The average molecular weight is 348 g/mol. The Morgan fingerprint density at radius 1 is 1.08 bits per heavy atom. The lowest BCUT2D eigenvalue weighted by atomic mass is 9.80. The van der Waals surface area contributed by atoms with Crippen molar-refractivity contribution >= 4 is 5.78 Å². The van der Waals surface area contributed by atoms with Gasteiger partial charge in [-0.05, 0) is 41.8 Å². The first kappa shape index (κ1) is 15.6. The number of carbonyl (C=O) groups excluding carboxylic acids is 1. The van der Waals surface area contributed by atoms with Crippen LogP contribution in [-0.4, -0.2) is 12.9 Å². The second-order valence-electron chi connectivity index (χ2n) is 7.07. The summed E-state index contributed by atoms with van der Waals surface area (Å²) >= 11 is 0. The normalized spacial score (nSPS) is 26.7. The molecule has 0 saturated carbocycles. The number of rotatable bonds is 2. The molecule has 2 aromatic rings. The van der Waals surface area contributed by atoms with E-state index in [-0.39, 0.29) is 11.9 Å². The van der Waals surface area contributed by atoms with Crippen LogP contribution in [0.25, 0.3) is 0 Å². The molecule has 3 aliphatic rings. The molecule has 0 saturated heterocycles. The molecule has 132 valence electrons. The number of hydrogen-bond donors (Lipinski definition) is 0. The van der Waals surface area contributed by atoms with Crippen LogP contribution in [0, 0.1) is 0 Å². The van der Waals surface area contributed by atoms with Crippen LogP contribution in [0.5, 0.6) is 5.75 Å². The summed E-state index contributed by atoms with van der Waals surface area (Å²) in [7, 11) is 1.65. The maximum atomic E-state index is 12.6. The molecule has 2 aromatic carbocycles. The second-order valence-corrected chi connectivity index (χ2v) is 7.07. The Hall–Kier alpha value is -2.59. The van der Waals surface area contributed by atoms with E-state index in [1.54, 1.807) is 7.11 Å². The predicted octanol–water partition coefficient (Wildman–Crippen LogP) is 4.20. The summed E-state index contributed by atoms with van der Waals surface area (Å²) in [6.45, 7) is 0. The van der Waals surface area contributed by atoms with Crippen molar-refractivity contribution < 1.29 is 19.0 Å². The van der Waals surface area contributed by atoms with Gasteiger partial charge in [-0.2, -0.15) is 0 Å². The van der Waals surface area contributed by atoms with Crippen LogP contribution in [0.2, 0.25) is 0 Å². The fraction of sp³-hybridized carbons (Fsp3) is 0.318. The van der Waals surface area contributed by atoms with Gasteiger partial charge >= 0.3 is 0 Å². The van der Waals surface area contributed by atoms with Gasteiger partial charge in [0.05, 0.1) is 12.7 Å². The zero-order chi connectivity index (χ0) is 17.7. The molecule has 4 heteroatoms. The average Bonchev–Trinajstić information content (AvgIpc) is 2.68. The summed E-state index contributed by atoms with van der Waals surface area (Å²) < 4.78 is 18.2. The molecule has 26 heavy (non-hydrogen) atoms. The quantitative estimate of drug-likeness (QED) is 0.816. The van der Waals surface area contributed by atoms with Crippen molar-refractivity contribution in [3.8, 4) is 5.75 Å². The number of fused-ring (bicyclic) bond motifs is 5. The van der Waals surface area contributed by atoms with Gasteiger partial charge < -0.3 is 14.2 Å². The van der Waals surface area contributed by atoms with E-state index >= 15 is 0 Å². The van der Waals surface area contributed by atoms with Crippen molar-refractivity contribution in [2.45, 2.75) is 37.6 Å². The SMILES string of the molecule is COc1ccc([C@]23Cc4ccccc4C(O2)C2=C(CCCC2=O)O3)cc1. The van der Waals surface area contributed by atoms with Crippen LogP contribution in [-0.2, 0) is 26.5 Å². The van der Waals surface area contributed by atoms with Gasteiger partial charge in [-0.1, -0.05) is 24.3 Å². The Balaban J connectivity index is 1.69. The molecule has 2 heterocycles. The zero-order valence-electron chi connectivity index (χ0n) is 14.7. The van der Waals surface area contributed by atoms with E-state index in [4.69, 9.17) is 14.2 Å². The number of Topliss-reactive ketones (excluding diaryl/α,β-unsaturated/α-hetero) is 1. The maximum absolute atomic E-state index is 12.6. The van der Waals surface area contributed by atoms with Gasteiger partial charge in [-0.25, -0.2) is 0 Å². The van der Waals surface area contributed by atoms with E-state index in [0.29, 0.717) is 18.4 Å². The number of carbonyl (C=O) groups is 1. The summed E-state index contributed by atoms with van der Waals surface area (Å²) in [5, 5.41) is 0. The number of ether oxygens (including phenoxy) is 3. The molecule has 1 aliphatic carbocycles. The van der Waals surface area contributed by atoms with Gasteiger partial charge in [-0.15, -0.1) is 0 Å². The molecule has 0 spiro atoms. The molecule has 0 amide bonds. The van der Waals surface area contributed by atoms with Gasteiger partial charge in [-0.3, -0.25) is 4.79 Å². The fourth-order valence-corrected chi connectivity index (χ4v) is 4.28. The van der Waals surface area contributed by atoms with Crippen LogP contribution >= 0.6 is 0 Å². The molecule has 2 atom stereocenters. The van der Waals surface area contributed by atoms with E-state index in [1.165, 1.54) is 5.56 Å². The summed E-state index contributed by atoms with van der Waals surface area (Å²) in [4.78, 5) is 12.6. The third-order valence-corrected chi connectivity index (χ3v) is 5.56. The Kier molecular flexibility index (Phi) is 3.44. The monoisotopic (exact) mass is 348 g/mol.